The minimum Gasteiger partial charge on any atom is -0.481 e. The molecule has 35 heavy (non-hydrogen) atoms. The maximum absolute atomic E-state index is 13.3. The largest absolute Gasteiger partial charge is 0.481 e. The normalized spacial score (nSPS) is 17.1. The number of carbonyl (C=O) groups is 3. The average molecular weight is 479 g/mol. The van der Waals surface area contributed by atoms with Gasteiger partial charge in [-0.2, -0.15) is 0 Å². The summed E-state index contributed by atoms with van der Waals surface area (Å²) in [6, 6.07) is 15.5. The maximum atomic E-state index is 13.3. The molecule has 0 aliphatic heterocycles. The Bertz CT molecular complexity index is 1050. The van der Waals surface area contributed by atoms with Crippen molar-refractivity contribution in [3.63, 3.8) is 0 Å². The summed E-state index contributed by atoms with van der Waals surface area (Å²) in [7, 11) is 1.67. The molecule has 7 heteroatoms. The average Bonchev–Trinajstić information content (AvgIpc) is 3.19. The number of fused-ring (bicyclic) bond motifs is 3. The Morgan fingerprint density at radius 3 is 2.14 bits per heavy atom. The van der Waals surface area contributed by atoms with Crippen LogP contribution in [0.3, 0.4) is 0 Å². The van der Waals surface area contributed by atoms with E-state index in [9.17, 15) is 19.5 Å². The Morgan fingerprint density at radius 2 is 1.60 bits per heavy atom. The molecule has 0 unspecified atom stereocenters. The lowest BCUT2D eigenvalue weighted by molar-refractivity contribution is -0.147. The first kappa shape index (κ1) is 24.8. The van der Waals surface area contributed by atoms with E-state index in [1.54, 1.807) is 11.9 Å². The van der Waals surface area contributed by atoms with Crippen LogP contribution >= 0.6 is 0 Å². The van der Waals surface area contributed by atoms with Gasteiger partial charge in [0.05, 0.1) is 12.0 Å². The summed E-state index contributed by atoms with van der Waals surface area (Å²) in [5.41, 5.74) is 3.83. The fraction of sp³-hybridized carbons (Fsp3) is 0.464. The second-order valence-electron chi connectivity index (χ2n) is 9.68. The molecule has 186 valence electrons. The predicted octanol–water partition coefficient (Wildman–Crippen LogP) is 4.94. The van der Waals surface area contributed by atoms with Crippen molar-refractivity contribution in [3.8, 4) is 11.1 Å². The zero-order valence-electron chi connectivity index (χ0n) is 20.5. The number of alkyl carbamates (subject to hydrolysis) is 1. The molecule has 1 saturated carbocycles. The number of hydrogen-bond acceptors (Lipinski definition) is 4. The van der Waals surface area contributed by atoms with Crippen molar-refractivity contribution in [2.45, 2.75) is 69.4 Å². The fourth-order valence-corrected chi connectivity index (χ4v) is 5.71. The van der Waals surface area contributed by atoms with Gasteiger partial charge < -0.3 is 20.1 Å². The van der Waals surface area contributed by atoms with Crippen molar-refractivity contribution < 1.29 is 24.2 Å². The number of benzene rings is 2. The van der Waals surface area contributed by atoms with Gasteiger partial charge >= 0.3 is 12.1 Å². The molecule has 7 nitrogen and oxygen atoms in total. The van der Waals surface area contributed by atoms with Crippen LogP contribution in [0.1, 0.15) is 68.9 Å². The van der Waals surface area contributed by atoms with E-state index >= 15 is 0 Å². The van der Waals surface area contributed by atoms with Gasteiger partial charge in [0.25, 0.3) is 0 Å². The third kappa shape index (κ3) is 5.04. The number of carboxylic acids is 1. The van der Waals surface area contributed by atoms with Crippen molar-refractivity contribution in [2.24, 2.45) is 0 Å². The number of nitrogens with one attached hydrogen (secondary N) is 1. The molecule has 2 aliphatic rings. The van der Waals surface area contributed by atoms with Gasteiger partial charge in [-0.3, -0.25) is 9.59 Å². The van der Waals surface area contributed by atoms with E-state index in [0.717, 1.165) is 41.5 Å². The number of carboxylic acid groups (broad SMARTS) is 1. The van der Waals surface area contributed by atoms with Crippen molar-refractivity contribution in [1.82, 2.24) is 10.2 Å². The lowest BCUT2D eigenvalue weighted by Gasteiger charge is -2.45. The highest BCUT2D eigenvalue weighted by Gasteiger charge is 2.42. The number of nitrogens with zero attached hydrogens (tertiary/aromatic N) is 1. The Hall–Kier alpha value is -3.35. The highest BCUT2D eigenvalue weighted by molar-refractivity contribution is 5.86. The van der Waals surface area contributed by atoms with Gasteiger partial charge in [0.1, 0.15) is 12.6 Å². The quantitative estimate of drug-likeness (QED) is 0.560. The van der Waals surface area contributed by atoms with Crippen LogP contribution in [0.2, 0.25) is 0 Å². The van der Waals surface area contributed by atoms with Crippen LogP contribution in [-0.4, -0.2) is 53.2 Å². The molecule has 0 spiro atoms. The summed E-state index contributed by atoms with van der Waals surface area (Å²) < 4.78 is 5.62. The fourth-order valence-electron chi connectivity index (χ4n) is 5.71. The Labute approximate surface area is 206 Å². The first-order valence-corrected chi connectivity index (χ1v) is 12.5. The number of carbonyl (C=O) groups excluding carboxylic acids is 2. The summed E-state index contributed by atoms with van der Waals surface area (Å²) in [5.74, 6) is -1.25. The van der Waals surface area contributed by atoms with Crippen LogP contribution < -0.4 is 5.32 Å². The van der Waals surface area contributed by atoms with E-state index in [1.165, 1.54) is 0 Å². The molecule has 2 aliphatic carbocycles. The zero-order chi connectivity index (χ0) is 25.0. The van der Waals surface area contributed by atoms with Gasteiger partial charge in [0.2, 0.25) is 5.91 Å². The number of ether oxygens (including phenoxy) is 1. The van der Waals surface area contributed by atoms with E-state index in [-0.39, 0.29) is 24.9 Å². The summed E-state index contributed by atoms with van der Waals surface area (Å²) >= 11 is 0. The molecule has 4 rings (SSSR count). The van der Waals surface area contributed by atoms with Crippen molar-refractivity contribution in [2.75, 3.05) is 13.7 Å². The van der Waals surface area contributed by atoms with Gasteiger partial charge in [0, 0.05) is 13.0 Å². The minimum atomic E-state index is -0.913. The molecule has 0 saturated heterocycles. The van der Waals surface area contributed by atoms with E-state index in [1.807, 2.05) is 31.2 Å². The molecule has 0 radical (unpaired) electrons. The maximum Gasteiger partial charge on any atom is 0.407 e. The van der Waals surface area contributed by atoms with Crippen LogP contribution in [0, 0.1) is 0 Å². The molecule has 0 aromatic heterocycles. The molecule has 2 N–H and O–H groups in total. The van der Waals surface area contributed by atoms with E-state index in [4.69, 9.17) is 4.74 Å². The van der Waals surface area contributed by atoms with E-state index in [2.05, 4.69) is 29.6 Å². The first-order chi connectivity index (χ1) is 16.9. The van der Waals surface area contributed by atoms with E-state index in [0.29, 0.717) is 19.3 Å². The van der Waals surface area contributed by atoms with Crippen LogP contribution in [-0.2, 0) is 14.3 Å². The van der Waals surface area contributed by atoms with Gasteiger partial charge in [-0.25, -0.2) is 4.79 Å². The van der Waals surface area contributed by atoms with Gasteiger partial charge in [-0.1, -0.05) is 74.7 Å². The number of amides is 2. The molecule has 1 fully saturated rings. The molecule has 0 bridgehead atoms. The van der Waals surface area contributed by atoms with Gasteiger partial charge in [-0.15, -0.1) is 0 Å². The summed E-state index contributed by atoms with van der Waals surface area (Å²) in [5, 5.41) is 12.2. The molecule has 2 aromatic carbocycles. The predicted molar refractivity (Wildman–Crippen MR) is 133 cm³/mol. The third-order valence-electron chi connectivity index (χ3n) is 7.65. The van der Waals surface area contributed by atoms with Crippen LogP contribution in [0.5, 0.6) is 0 Å². The minimum absolute atomic E-state index is 0.0623. The topological polar surface area (TPSA) is 95.9 Å². The monoisotopic (exact) mass is 478 g/mol. The van der Waals surface area contributed by atoms with Crippen LogP contribution in [0.4, 0.5) is 4.79 Å². The van der Waals surface area contributed by atoms with Crippen molar-refractivity contribution in [3.05, 3.63) is 59.7 Å². The number of hydrogen-bond donors (Lipinski definition) is 2. The zero-order valence-corrected chi connectivity index (χ0v) is 20.5. The summed E-state index contributed by atoms with van der Waals surface area (Å²) in [4.78, 5) is 39.2. The second-order valence-corrected chi connectivity index (χ2v) is 9.68. The van der Waals surface area contributed by atoms with Crippen molar-refractivity contribution in [1.29, 1.82) is 0 Å². The van der Waals surface area contributed by atoms with Gasteiger partial charge in [-0.05, 0) is 41.5 Å². The highest BCUT2D eigenvalue weighted by Crippen LogP contribution is 2.44. The summed E-state index contributed by atoms with van der Waals surface area (Å²) in [6.07, 6.45) is 3.79. The third-order valence-corrected chi connectivity index (χ3v) is 7.65. The second kappa shape index (κ2) is 10.5. The van der Waals surface area contributed by atoms with Crippen LogP contribution in [0.25, 0.3) is 11.1 Å². The number of rotatable bonds is 8. The number of aliphatic carboxylic acids is 1. The van der Waals surface area contributed by atoms with Gasteiger partial charge in [0.15, 0.2) is 0 Å². The van der Waals surface area contributed by atoms with Crippen molar-refractivity contribution >= 4 is 18.0 Å². The van der Waals surface area contributed by atoms with E-state index < -0.39 is 23.6 Å². The van der Waals surface area contributed by atoms with Crippen LogP contribution in [0.15, 0.2) is 48.5 Å². The molecular weight excluding hydrogens is 444 g/mol. The standard InChI is InChI=1S/C28H34N2O5/c1-3-24(26(33)30(2)28(17-25(31)32)15-9-4-10-16-28)29-27(34)35-18-23-21-13-7-5-11-19(21)20-12-6-8-14-22(20)23/h5-8,11-14,23-24H,3-4,9-10,15-18H2,1-2H3,(H,29,34)(H,31,32)/t24-/m1/s1. The first-order valence-electron chi connectivity index (χ1n) is 12.5. The summed E-state index contributed by atoms with van der Waals surface area (Å²) in [6.45, 7) is 1.99. The lowest BCUT2D eigenvalue weighted by atomic mass is 9.77. The molecule has 0 heterocycles. The number of likely N-dealkylation sites (N-methyl/N-ethyl adjacent to an activating group) is 1. The Balaban J connectivity index is 1.42. The smallest absolute Gasteiger partial charge is 0.407 e. The lowest BCUT2D eigenvalue weighted by Crippen LogP contribution is -2.57. The Kier molecular flexibility index (Phi) is 7.43. The highest BCUT2D eigenvalue weighted by atomic mass is 16.5. The SMILES string of the molecule is CC[C@@H](NC(=O)OCC1c2ccccc2-c2ccccc21)C(=O)N(C)C1(CC(=O)O)CCCCC1. The molecule has 2 aromatic rings. The molecule has 1 atom stereocenters. The molecular formula is C28H34N2O5. The Morgan fingerprint density at radius 1 is 1.03 bits per heavy atom. The molecule has 2 amide bonds.